The van der Waals surface area contributed by atoms with Gasteiger partial charge in [0.15, 0.2) is 11.5 Å². The van der Waals surface area contributed by atoms with Crippen LogP contribution in [0.15, 0.2) is 55.0 Å². The van der Waals surface area contributed by atoms with Gasteiger partial charge >= 0.3 is 0 Å². The Balaban J connectivity index is 1.54. The van der Waals surface area contributed by atoms with Gasteiger partial charge < -0.3 is 15.5 Å². The second-order valence-electron chi connectivity index (χ2n) is 10.3. The number of hydrogen-bond donors (Lipinski definition) is 1. The number of nitrogens with two attached hydrogens (primary N) is 1. The fourth-order valence-corrected chi connectivity index (χ4v) is 5.25. The van der Waals surface area contributed by atoms with Crippen molar-refractivity contribution in [2.45, 2.75) is 25.4 Å². The van der Waals surface area contributed by atoms with E-state index in [4.69, 9.17) is 10.7 Å². The van der Waals surface area contributed by atoms with Crippen molar-refractivity contribution in [3.8, 4) is 28.6 Å². The molecule has 2 aromatic carbocycles. The SMILES string of the molecule is CN(C)C(=O)Cn1ncc2cc(-c3c(-c4ccc(C#N)c(F)c4)nc4c(N5CCC[C@@H](N)C5)nccn34)ccc21. The van der Waals surface area contributed by atoms with Gasteiger partial charge in [-0.15, -0.1) is 0 Å². The molecule has 0 spiro atoms. The van der Waals surface area contributed by atoms with Crippen LogP contribution >= 0.6 is 0 Å². The molecule has 0 saturated carbocycles. The number of carbonyl (C=O) groups is 1. The van der Waals surface area contributed by atoms with Gasteiger partial charge in [-0.2, -0.15) is 10.4 Å². The number of nitrogens with zero attached hydrogens (tertiary/aromatic N) is 8. The number of likely N-dealkylation sites (N-methyl/N-ethyl adjacent to an activating group) is 1. The Morgan fingerprint density at radius 1 is 1.23 bits per heavy atom. The molecular formula is C29H28FN9O. The van der Waals surface area contributed by atoms with Gasteiger partial charge in [-0.1, -0.05) is 12.1 Å². The molecule has 1 amide bonds. The van der Waals surface area contributed by atoms with Crippen LogP contribution in [-0.4, -0.2) is 68.2 Å². The first-order chi connectivity index (χ1) is 19.3. The largest absolute Gasteiger partial charge is 0.352 e. The number of anilines is 1. The predicted octanol–water partition coefficient (Wildman–Crippen LogP) is 3.44. The minimum absolute atomic E-state index is 0.0279. The fourth-order valence-electron chi connectivity index (χ4n) is 5.25. The van der Waals surface area contributed by atoms with E-state index in [2.05, 4.69) is 15.0 Å². The van der Waals surface area contributed by atoms with Gasteiger partial charge in [-0.25, -0.2) is 14.4 Å². The minimum Gasteiger partial charge on any atom is -0.352 e. The molecule has 1 aliphatic heterocycles. The number of nitriles is 1. The lowest BCUT2D eigenvalue weighted by molar-refractivity contribution is -0.129. The molecule has 202 valence electrons. The fraction of sp³-hybridized carbons (Fsp3) is 0.276. The number of hydrogen-bond acceptors (Lipinski definition) is 7. The number of fused-ring (bicyclic) bond motifs is 2. The molecule has 1 aliphatic rings. The number of benzene rings is 2. The smallest absolute Gasteiger partial charge is 0.243 e. The van der Waals surface area contributed by atoms with Crippen LogP contribution in [0.2, 0.25) is 0 Å². The molecule has 1 atom stereocenters. The molecule has 0 radical (unpaired) electrons. The van der Waals surface area contributed by atoms with Crippen LogP contribution in [0.1, 0.15) is 18.4 Å². The molecule has 1 fully saturated rings. The van der Waals surface area contributed by atoms with Crippen LogP contribution in [0.3, 0.4) is 0 Å². The van der Waals surface area contributed by atoms with Crippen molar-refractivity contribution in [2.24, 2.45) is 5.73 Å². The normalized spacial score (nSPS) is 15.5. The summed E-state index contributed by atoms with van der Waals surface area (Å²) in [5.41, 5.74) is 10.4. The van der Waals surface area contributed by atoms with E-state index in [1.807, 2.05) is 34.9 Å². The van der Waals surface area contributed by atoms with Crippen molar-refractivity contribution in [2.75, 3.05) is 32.1 Å². The van der Waals surface area contributed by atoms with E-state index in [0.29, 0.717) is 23.4 Å². The lowest BCUT2D eigenvalue weighted by Crippen LogP contribution is -2.43. The van der Waals surface area contributed by atoms with Gasteiger partial charge in [0.1, 0.15) is 18.4 Å². The van der Waals surface area contributed by atoms with Crippen LogP contribution in [0, 0.1) is 17.1 Å². The van der Waals surface area contributed by atoms with E-state index in [1.54, 1.807) is 37.2 Å². The molecule has 3 aromatic heterocycles. The van der Waals surface area contributed by atoms with Crippen molar-refractivity contribution in [1.29, 1.82) is 5.26 Å². The zero-order valence-electron chi connectivity index (χ0n) is 22.3. The lowest BCUT2D eigenvalue weighted by Gasteiger charge is -2.31. The summed E-state index contributed by atoms with van der Waals surface area (Å²) in [6.45, 7) is 1.63. The Kier molecular flexibility index (Phi) is 6.40. The van der Waals surface area contributed by atoms with E-state index in [-0.39, 0.29) is 24.1 Å². The summed E-state index contributed by atoms with van der Waals surface area (Å²) >= 11 is 0. The van der Waals surface area contributed by atoms with Crippen molar-refractivity contribution in [3.63, 3.8) is 0 Å². The summed E-state index contributed by atoms with van der Waals surface area (Å²) < 4.78 is 18.4. The van der Waals surface area contributed by atoms with Crippen LogP contribution in [-0.2, 0) is 11.3 Å². The molecule has 4 heterocycles. The van der Waals surface area contributed by atoms with Crippen LogP contribution in [0.4, 0.5) is 10.2 Å². The molecule has 5 aromatic rings. The molecule has 0 aliphatic carbocycles. The highest BCUT2D eigenvalue weighted by Gasteiger charge is 2.25. The van der Waals surface area contributed by atoms with Gasteiger partial charge in [-0.05, 0) is 37.1 Å². The van der Waals surface area contributed by atoms with Crippen LogP contribution in [0.25, 0.3) is 39.1 Å². The Hall–Kier alpha value is -4.82. The second-order valence-corrected chi connectivity index (χ2v) is 10.3. The highest BCUT2D eigenvalue weighted by molar-refractivity contribution is 5.90. The predicted molar refractivity (Wildman–Crippen MR) is 150 cm³/mol. The molecule has 40 heavy (non-hydrogen) atoms. The van der Waals surface area contributed by atoms with Gasteiger partial charge in [0.05, 0.1) is 28.7 Å². The Morgan fingerprint density at radius 2 is 2.05 bits per heavy atom. The Bertz CT molecular complexity index is 1800. The number of aromatic nitrogens is 5. The second kappa shape index (κ2) is 10.1. The summed E-state index contributed by atoms with van der Waals surface area (Å²) in [5.74, 6) is 0.0551. The Morgan fingerprint density at radius 3 is 2.80 bits per heavy atom. The summed E-state index contributed by atoms with van der Waals surface area (Å²) in [5, 5.41) is 14.5. The average Bonchev–Trinajstić information content (AvgIpc) is 3.54. The highest BCUT2D eigenvalue weighted by atomic mass is 19.1. The first-order valence-electron chi connectivity index (χ1n) is 13.1. The maximum Gasteiger partial charge on any atom is 0.243 e. The van der Waals surface area contributed by atoms with Crippen molar-refractivity contribution in [3.05, 3.63) is 66.4 Å². The third-order valence-corrected chi connectivity index (χ3v) is 7.34. The molecule has 10 nitrogen and oxygen atoms in total. The topological polar surface area (TPSA) is 121 Å². The number of carbonyl (C=O) groups excluding carboxylic acids is 1. The molecule has 6 rings (SSSR count). The zero-order valence-corrected chi connectivity index (χ0v) is 22.3. The molecular weight excluding hydrogens is 509 g/mol. The third kappa shape index (κ3) is 4.42. The van der Waals surface area contributed by atoms with Crippen molar-refractivity contribution in [1.82, 2.24) is 29.0 Å². The maximum atomic E-state index is 14.8. The number of piperidine rings is 1. The summed E-state index contributed by atoms with van der Waals surface area (Å²) in [4.78, 5) is 25.6. The lowest BCUT2D eigenvalue weighted by atomic mass is 10.0. The number of imidazole rings is 1. The van der Waals surface area contributed by atoms with Crippen molar-refractivity contribution < 1.29 is 9.18 Å². The first-order valence-corrected chi connectivity index (χ1v) is 13.1. The van der Waals surface area contributed by atoms with Crippen LogP contribution in [0.5, 0.6) is 0 Å². The zero-order chi connectivity index (χ0) is 28.0. The van der Waals surface area contributed by atoms with Gasteiger partial charge in [0, 0.05) is 62.1 Å². The van der Waals surface area contributed by atoms with E-state index in [1.165, 1.54) is 17.0 Å². The van der Waals surface area contributed by atoms with Gasteiger partial charge in [0.25, 0.3) is 0 Å². The Labute approximate surface area is 230 Å². The molecule has 1 saturated heterocycles. The van der Waals surface area contributed by atoms with E-state index in [9.17, 15) is 14.4 Å². The number of rotatable bonds is 5. The standard InChI is InChI=1S/C29H28FN9O/c1-36(2)25(40)17-39-24-8-7-19(12-21(24)15-34-39)27-26(18-5-6-20(14-31)23(30)13-18)35-29-28(33-9-11-38(27)29)37-10-3-4-22(32)16-37/h5-9,11-13,15,22H,3-4,10,16-17,32H2,1-2H3/t22-/m1/s1. The van der Waals surface area contributed by atoms with E-state index in [0.717, 1.165) is 47.4 Å². The van der Waals surface area contributed by atoms with E-state index >= 15 is 0 Å². The highest BCUT2D eigenvalue weighted by Crippen LogP contribution is 2.37. The molecule has 11 heteroatoms. The number of amides is 1. The summed E-state index contributed by atoms with van der Waals surface area (Å²) in [6.07, 6.45) is 7.23. The molecule has 0 bridgehead atoms. The summed E-state index contributed by atoms with van der Waals surface area (Å²) in [6, 6.07) is 12.3. The molecule has 2 N–H and O–H groups in total. The van der Waals surface area contributed by atoms with Gasteiger partial charge in [-0.3, -0.25) is 13.9 Å². The maximum absolute atomic E-state index is 14.8. The number of halogens is 1. The monoisotopic (exact) mass is 537 g/mol. The quantitative estimate of drug-likeness (QED) is 0.365. The van der Waals surface area contributed by atoms with Crippen molar-refractivity contribution >= 4 is 28.3 Å². The average molecular weight is 538 g/mol. The summed E-state index contributed by atoms with van der Waals surface area (Å²) in [7, 11) is 3.43. The van der Waals surface area contributed by atoms with Crippen LogP contribution < -0.4 is 10.6 Å². The first kappa shape index (κ1) is 25.5. The third-order valence-electron chi connectivity index (χ3n) is 7.34. The minimum atomic E-state index is -0.606. The van der Waals surface area contributed by atoms with E-state index < -0.39 is 5.82 Å². The molecule has 0 unspecified atom stereocenters. The van der Waals surface area contributed by atoms with Gasteiger partial charge in [0.2, 0.25) is 5.91 Å².